The number of rotatable bonds is 8. The lowest BCUT2D eigenvalue weighted by Gasteiger charge is -2.25. The first-order chi connectivity index (χ1) is 14.7. The lowest BCUT2D eigenvalue weighted by atomic mass is 10.1. The van der Waals surface area contributed by atoms with Gasteiger partial charge in [0.1, 0.15) is 0 Å². The minimum absolute atomic E-state index is 0.203. The summed E-state index contributed by atoms with van der Waals surface area (Å²) in [4.78, 5) is 26.8. The zero-order valence-electron chi connectivity index (χ0n) is 18.2. The SMILES string of the molecule is Cc1cc(C)c(S(=O)(=O)N(CCCN2C(=O)c3ccccc3C2=O)CC2CC2)c(C)c1. The molecule has 0 radical (unpaired) electrons. The van der Waals surface area contributed by atoms with Crippen LogP contribution < -0.4 is 0 Å². The number of hydrogen-bond donors (Lipinski definition) is 0. The van der Waals surface area contributed by atoms with E-state index in [9.17, 15) is 18.0 Å². The van der Waals surface area contributed by atoms with Gasteiger partial charge in [-0.05, 0) is 69.2 Å². The molecule has 0 N–H and O–H groups in total. The fourth-order valence-electron chi connectivity index (χ4n) is 4.45. The highest BCUT2D eigenvalue weighted by Crippen LogP contribution is 2.33. The van der Waals surface area contributed by atoms with Gasteiger partial charge in [0.05, 0.1) is 16.0 Å². The minimum atomic E-state index is -3.67. The third-order valence-corrected chi connectivity index (χ3v) is 8.20. The van der Waals surface area contributed by atoms with E-state index in [0.29, 0.717) is 34.9 Å². The van der Waals surface area contributed by atoms with Crippen molar-refractivity contribution in [2.45, 2.75) is 44.9 Å². The van der Waals surface area contributed by atoms with Gasteiger partial charge >= 0.3 is 0 Å². The molecule has 1 saturated carbocycles. The van der Waals surface area contributed by atoms with E-state index in [-0.39, 0.29) is 24.9 Å². The Kier molecular flexibility index (Phi) is 5.75. The number of carbonyl (C=O) groups is 2. The maximum absolute atomic E-state index is 13.6. The van der Waals surface area contributed by atoms with E-state index >= 15 is 0 Å². The molecule has 164 valence electrons. The van der Waals surface area contributed by atoms with E-state index in [1.54, 1.807) is 28.6 Å². The van der Waals surface area contributed by atoms with Crippen LogP contribution in [0, 0.1) is 26.7 Å². The molecule has 4 rings (SSSR count). The zero-order valence-corrected chi connectivity index (χ0v) is 19.0. The number of fused-ring (bicyclic) bond motifs is 1. The maximum atomic E-state index is 13.6. The van der Waals surface area contributed by atoms with Crippen LogP contribution >= 0.6 is 0 Å². The van der Waals surface area contributed by atoms with Gasteiger partial charge in [-0.3, -0.25) is 14.5 Å². The van der Waals surface area contributed by atoms with Crippen molar-refractivity contribution in [3.05, 3.63) is 64.2 Å². The van der Waals surface area contributed by atoms with Gasteiger partial charge in [0.2, 0.25) is 10.0 Å². The molecule has 1 fully saturated rings. The van der Waals surface area contributed by atoms with Gasteiger partial charge in [-0.2, -0.15) is 4.31 Å². The van der Waals surface area contributed by atoms with Gasteiger partial charge in [-0.1, -0.05) is 29.8 Å². The average Bonchev–Trinajstić information content (AvgIpc) is 3.48. The van der Waals surface area contributed by atoms with Crippen LogP contribution in [0.15, 0.2) is 41.3 Å². The first-order valence-electron chi connectivity index (χ1n) is 10.7. The molecule has 2 aliphatic rings. The van der Waals surface area contributed by atoms with Gasteiger partial charge < -0.3 is 0 Å². The van der Waals surface area contributed by atoms with Crippen molar-refractivity contribution < 1.29 is 18.0 Å². The first-order valence-corrected chi connectivity index (χ1v) is 12.2. The number of aryl methyl sites for hydroxylation is 3. The average molecular weight is 441 g/mol. The molecule has 31 heavy (non-hydrogen) atoms. The molecular weight excluding hydrogens is 412 g/mol. The summed E-state index contributed by atoms with van der Waals surface area (Å²) in [6, 6.07) is 10.6. The quantitative estimate of drug-likeness (QED) is 0.587. The molecule has 7 heteroatoms. The van der Waals surface area contributed by atoms with Crippen LogP contribution in [0.4, 0.5) is 0 Å². The van der Waals surface area contributed by atoms with Crippen LogP contribution in [0.1, 0.15) is 56.7 Å². The van der Waals surface area contributed by atoms with Crippen LogP contribution in [-0.2, 0) is 10.0 Å². The third kappa shape index (κ3) is 4.16. The molecule has 0 bridgehead atoms. The summed E-state index contributed by atoms with van der Waals surface area (Å²) in [6.45, 7) is 6.59. The van der Waals surface area contributed by atoms with E-state index in [0.717, 1.165) is 29.5 Å². The van der Waals surface area contributed by atoms with Gasteiger partial charge in [0.25, 0.3) is 11.8 Å². The number of hydrogen-bond acceptors (Lipinski definition) is 4. The minimum Gasteiger partial charge on any atom is -0.274 e. The summed E-state index contributed by atoms with van der Waals surface area (Å²) < 4.78 is 28.7. The summed E-state index contributed by atoms with van der Waals surface area (Å²) in [5.41, 5.74) is 3.37. The monoisotopic (exact) mass is 440 g/mol. The van der Waals surface area contributed by atoms with E-state index < -0.39 is 10.0 Å². The Morgan fingerprint density at radius 2 is 1.52 bits per heavy atom. The topological polar surface area (TPSA) is 74.8 Å². The van der Waals surface area contributed by atoms with Crippen molar-refractivity contribution >= 4 is 21.8 Å². The number of carbonyl (C=O) groups excluding carboxylic acids is 2. The second-order valence-corrected chi connectivity index (χ2v) is 10.6. The smallest absolute Gasteiger partial charge is 0.261 e. The Morgan fingerprint density at radius 1 is 0.968 bits per heavy atom. The number of nitrogens with zero attached hydrogens (tertiary/aromatic N) is 2. The maximum Gasteiger partial charge on any atom is 0.261 e. The molecule has 1 heterocycles. The van der Waals surface area contributed by atoms with E-state index in [2.05, 4.69) is 0 Å². The molecule has 6 nitrogen and oxygen atoms in total. The summed E-state index contributed by atoms with van der Waals surface area (Å²) in [7, 11) is -3.67. The van der Waals surface area contributed by atoms with Crippen LogP contribution in [0.2, 0.25) is 0 Å². The van der Waals surface area contributed by atoms with Crippen molar-refractivity contribution in [1.29, 1.82) is 0 Å². The Hall–Kier alpha value is -2.51. The normalized spacial score (nSPS) is 16.3. The lowest BCUT2D eigenvalue weighted by molar-refractivity contribution is 0.0650. The van der Waals surface area contributed by atoms with Crippen LogP contribution in [0.3, 0.4) is 0 Å². The van der Waals surface area contributed by atoms with Crippen molar-refractivity contribution in [2.24, 2.45) is 5.92 Å². The van der Waals surface area contributed by atoms with Crippen molar-refractivity contribution in [1.82, 2.24) is 9.21 Å². The molecular formula is C24H28N2O4S. The predicted molar refractivity (Wildman–Crippen MR) is 119 cm³/mol. The molecule has 0 aromatic heterocycles. The van der Waals surface area contributed by atoms with E-state index in [4.69, 9.17) is 0 Å². The fraction of sp³-hybridized carbons (Fsp3) is 0.417. The van der Waals surface area contributed by atoms with Crippen LogP contribution in [-0.4, -0.2) is 49.1 Å². The summed E-state index contributed by atoms with van der Waals surface area (Å²) >= 11 is 0. The first kappa shape index (κ1) is 21.7. The molecule has 0 spiro atoms. The van der Waals surface area contributed by atoms with Gasteiger partial charge in [-0.25, -0.2) is 8.42 Å². The second-order valence-electron chi connectivity index (χ2n) is 8.70. The molecule has 0 saturated heterocycles. The van der Waals surface area contributed by atoms with Crippen LogP contribution in [0.5, 0.6) is 0 Å². The summed E-state index contributed by atoms with van der Waals surface area (Å²) in [5.74, 6) is -0.218. The van der Waals surface area contributed by atoms with E-state index in [1.165, 1.54) is 4.90 Å². The summed E-state index contributed by atoms with van der Waals surface area (Å²) in [5, 5.41) is 0. The highest BCUT2D eigenvalue weighted by Gasteiger charge is 2.36. The van der Waals surface area contributed by atoms with Crippen molar-refractivity contribution in [3.8, 4) is 0 Å². The van der Waals surface area contributed by atoms with Gasteiger partial charge in [0.15, 0.2) is 0 Å². The Balaban J connectivity index is 1.51. The molecule has 1 aliphatic heterocycles. The number of sulfonamides is 1. The zero-order chi connectivity index (χ0) is 22.3. The molecule has 2 aromatic rings. The van der Waals surface area contributed by atoms with Gasteiger partial charge in [-0.15, -0.1) is 0 Å². The highest BCUT2D eigenvalue weighted by atomic mass is 32.2. The van der Waals surface area contributed by atoms with Crippen LogP contribution in [0.25, 0.3) is 0 Å². The Labute approximate surface area is 183 Å². The van der Waals surface area contributed by atoms with Crippen molar-refractivity contribution in [2.75, 3.05) is 19.6 Å². The molecule has 1 aliphatic carbocycles. The molecule has 0 unspecified atom stereocenters. The third-order valence-electron chi connectivity index (χ3n) is 6.03. The second kappa shape index (κ2) is 8.20. The lowest BCUT2D eigenvalue weighted by Crippen LogP contribution is -2.37. The highest BCUT2D eigenvalue weighted by molar-refractivity contribution is 7.89. The number of benzene rings is 2. The Bertz CT molecular complexity index is 1090. The Morgan fingerprint density at radius 3 is 2.03 bits per heavy atom. The molecule has 2 aromatic carbocycles. The molecule has 2 amide bonds. The summed E-state index contributed by atoms with van der Waals surface area (Å²) in [6.07, 6.45) is 2.48. The fourth-order valence-corrected chi connectivity index (χ4v) is 6.41. The van der Waals surface area contributed by atoms with Crippen molar-refractivity contribution in [3.63, 3.8) is 0 Å². The van der Waals surface area contributed by atoms with E-state index in [1.807, 2.05) is 32.9 Å². The number of amides is 2. The number of imide groups is 1. The van der Waals surface area contributed by atoms with Gasteiger partial charge in [0, 0.05) is 19.6 Å². The predicted octanol–water partition coefficient (Wildman–Crippen LogP) is 3.70. The standard InChI is InChI=1S/C24H28N2O4S/c1-16-13-17(2)22(18(3)14-16)31(29,30)25(15-19-9-10-19)11-6-12-26-23(27)20-7-4-5-8-21(20)24(26)28/h4-5,7-8,13-14,19H,6,9-12,15H2,1-3H3. The largest absolute Gasteiger partial charge is 0.274 e. The molecule has 0 atom stereocenters.